The Balaban J connectivity index is 5.63. The highest BCUT2D eigenvalue weighted by Gasteiger charge is 2.50. The predicted octanol–water partition coefficient (Wildman–Crippen LogP) is -0.128. The summed E-state index contributed by atoms with van der Waals surface area (Å²) in [7, 11) is 0. The van der Waals surface area contributed by atoms with Crippen molar-refractivity contribution in [2.75, 3.05) is 13.2 Å². The van der Waals surface area contributed by atoms with Crippen molar-refractivity contribution in [3.63, 3.8) is 0 Å². The molecule has 0 aliphatic rings. The van der Waals surface area contributed by atoms with Crippen molar-refractivity contribution in [2.24, 2.45) is 0 Å². The van der Waals surface area contributed by atoms with Crippen molar-refractivity contribution in [1.82, 2.24) is 0 Å². The standard InChI is InChI=1S/C12H18O9S6/c13-7(14)3(22)11(26,4(23)8(15)16)1-21-2-12(27,5(24)9(17)18)6(25)10(19)20/h3-6,22-27H,1-2H2,(H,13,14)(H,15,16)(H,17,18)(H,19,20). The molecule has 0 amide bonds. The zero-order chi connectivity index (χ0) is 21.7. The zero-order valence-electron chi connectivity index (χ0n) is 13.2. The van der Waals surface area contributed by atoms with Gasteiger partial charge in [-0.05, 0) is 0 Å². The van der Waals surface area contributed by atoms with Crippen LogP contribution in [-0.4, -0.2) is 88.0 Å². The Morgan fingerprint density at radius 3 is 0.963 bits per heavy atom. The summed E-state index contributed by atoms with van der Waals surface area (Å²) in [5, 5.41) is 30.0. The third-order valence-corrected chi connectivity index (χ3v) is 8.33. The van der Waals surface area contributed by atoms with Crippen molar-refractivity contribution in [1.29, 1.82) is 0 Å². The minimum absolute atomic E-state index is 0.681. The normalized spacial score (nSPS) is 20.4. The van der Waals surface area contributed by atoms with Crippen LogP contribution in [0.1, 0.15) is 0 Å². The van der Waals surface area contributed by atoms with Crippen molar-refractivity contribution in [3.05, 3.63) is 0 Å². The second-order valence-electron chi connectivity index (χ2n) is 5.44. The van der Waals surface area contributed by atoms with Gasteiger partial charge in [0.15, 0.2) is 0 Å². The van der Waals surface area contributed by atoms with Crippen LogP contribution >= 0.6 is 75.8 Å². The minimum Gasteiger partial charge on any atom is -0.480 e. The highest BCUT2D eigenvalue weighted by Crippen LogP contribution is 2.36. The number of rotatable bonds is 12. The predicted molar refractivity (Wildman–Crippen MR) is 116 cm³/mol. The molecule has 0 aromatic heterocycles. The first kappa shape index (κ1) is 26.9. The maximum atomic E-state index is 11.2. The van der Waals surface area contributed by atoms with Crippen LogP contribution in [0.25, 0.3) is 0 Å². The van der Waals surface area contributed by atoms with Gasteiger partial charge in [-0.3, -0.25) is 19.2 Å². The van der Waals surface area contributed by atoms with Crippen LogP contribution < -0.4 is 0 Å². The molecule has 0 saturated carbocycles. The second-order valence-corrected chi connectivity index (χ2v) is 9.17. The van der Waals surface area contributed by atoms with Crippen LogP contribution in [0.4, 0.5) is 0 Å². The second kappa shape index (κ2) is 10.6. The van der Waals surface area contributed by atoms with E-state index in [4.69, 9.17) is 25.2 Å². The maximum Gasteiger partial charge on any atom is 0.317 e. The van der Waals surface area contributed by atoms with Crippen molar-refractivity contribution < 1.29 is 44.3 Å². The SMILES string of the molecule is O=C(O)C(S)C(S)(COCC(S)(C(S)C(=O)O)C(S)C(=O)O)C(S)C(=O)O. The molecule has 0 saturated heterocycles. The Bertz CT molecular complexity index is 510. The molecule has 4 unspecified atom stereocenters. The molecular formula is C12H18O9S6. The summed E-state index contributed by atoms with van der Waals surface area (Å²) in [6.07, 6.45) is 0. The topological polar surface area (TPSA) is 158 Å². The molecule has 0 aromatic rings. The summed E-state index contributed by atoms with van der Waals surface area (Å²) < 4.78 is 1.36. The monoisotopic (exact) mass is 498 g/mol. The van der Waals surface area contributed by atoms with Gasteiger partial charge in [0.2, 0.25) is 0 Å². The smallest absolute Gasteiger partial charge is 0.317 e. The van der Waals surface area contributed by atoms with Gasteiger partial charge in [-0.25, -0.2) is 0 Å². The number of carboxylic acids is 4. The highest BCUT2D eigenvalue weighted by molar-refractivity contribution is 7.89. The minimum atomic E-state index is -1.94. The summed E-state index contributed by atoms with van der Waals surface area (Å²) in [6.45, 7) is -1.36. The molecule has 0 radical (unpaired) electrons. The average molecular weight is 499 g/mol. The van der Waals surface area contributed by atoms with Gasteiger partial charge in [0, 0.05) is 0 Å². The van der Waals surface area contributed by atoms with E-state index in [2.05, 4.69) is 75.8 Å². The van der Waals surface area contributed by atoms with Crippen LogP contribution in [0.3, 0.4) is 0 Å². The molecular weight excluding hydrogens is 481 g/mol. The molecule has 9 nitrogen and oxygen atoms in total. The number of thiol groups is 6. The molecule has 0 bridgehead atoms. The van der Waals surface area contributed by atoms with Gasteiger partial charge in [-0.2, -0.15) is 75.8 Å². The fourth-order valence-electron chi connectivity index (χ4n) is 1.85. The first-order chi connectivity index (χ1) is 12.1. The molecule has 4 atom stereocenters. The Morgan fingerprint density at radius 2 is 0.815 bits per heavy atom. The van der Waals surface area contributed by atoms with Crippen molar-refractivity contribution in [2.45, 2.75) is 30.5 Å². The van der Waals surface area contributed by atoms with E-state index >= 15 is 0 Å². The lowest BCUT2D eigenvalue weighted by atomic mass is 9.98. The molecule has 27 heavy (non-hydrogen) atoms. The third kappa shape index (κ3) is 6.47. The molecule has 0 spiro atoms. The molecule has 156 valence electrons. The number of hydrogen-bond acceptors (Lipinski definition) is 11. The largest absolute Gasteiger partial charge is 0.480 e. The van der Waals surface area contributed by atoms with E-state index in [0.29, 0.717) is 0 Å². The summed E-state index contributed by atoms with van der Waals surface area (Å²) in [6, 6.07) is 0. The summed E-state index contributed by atoms with van der Waals surface area (Å²) in [5.74, 6) is -5.98. The van der Waals surface area contributed by atoms with Crippen LogP contribution in [0.15, 0.2) is 0 Å². The first-order valence-corrected chi connectivity index (χ1v) is 9.74. The lowest BCUT2D eigenvalue weighted by molar-refractivity contribution is -0.140. The molecule has 0 aliphatic carbocycles. The Hall–Kier alpha value is -0.0600. The molecule has 0 heterocycles. The first-order valence-electron chi connectivity index (χ1n) is 6.78. The van der Waals surface area contributed by atoms with Gasteiger partial charge < -0.3 is 25.2 Å². The summed E-state index contributed by atoms with van der Waals surface area (Å²) >= 11 is 23.4. The van der Waals surface area contributed by atoms with Crippen molar-refractivity contribution in [3.8, 4) is 0 Å². The Morgan fingerprint density at radius 1 is 0.630 bits per heavy atom. The molecule has 15 heteroatoms. The van der Waals surface area contributed by atoms with Gasteiger partial charge >= 0.3 is 23.9 Å². The van der Waals surface area contributed by atoms with E-state index in [1.165, 1.54) is 0 Å². The molecule has 0 rings (SSSR count). The Kier molecular flexibility index (Phi) is 10.6. The van der Waals surface area contributed by atoms with Gasteiger partial charge in [0.05, 0.1) is 22.7 Å². The van der Waals surface area contributed by atoms with E-state index < -0.39 is 67.6 Å². The fraction of sp³-hybridized carbons (Fsp3) is 0.667. The van der Waals surface area contributed by atoms with E-state index in [0.717, 1.165) is 0 Å². The van der Waals surface area contributed by atoms with Gasteiger partial charge in [0.25, 0.3) is 0 Å². The average Bonchev–Trinajstić information content (AvgIpc) is 2.57. The van der Waals surface area contributed by atoms with E-state index in [9.17, 15) is 19.2 Å². The maximum absolute atomic E-state index is 11.2. The van der Waals surface area contributed by atoms with E-state index in [1.807, 2.05) is 0 Å². The number of hydrogen-bond donors (Lipinski definition) is 10. The third-order valence-electron chi connectivity index (χ3n) is 3.50. The fourth-order valence-corrected chi connectivity index (χ4v) is 3.60. The van der Waals surface area contributed by atoms with Gasteiger partial charge in [-0.15, -0.1) is 0 Å². The van der Waals surface area contributed by atoms with E-state index in [1.54, 1.807) is 0 Å². The van der Waals surface area contributed by atoms with E-state index in [-0.39, 0.29) is 0 Å². The van der Waals surface area contributed by atoms with Crippen LogP contribution in [0.5, 0.6) is 0 Å². The lowest BCUT2D eigenvalue weighted by Crippen LogP contribution is -2.56. The summed E-state index contributed by atoms with van der Waals surface area (Å²) in [4.78, 5) is 44.9. The number of carbonyl (C=O) groups is 4. The zero-order valence-corrected chi connectivity index (χ0v) is 18.6. The lowest BCUT2D eigenvalue weighted by Gasteiger charge is -2.38. The van der Waals surface area contributed by atoms with Gasteiger partial charge in [0.1, 0.15) is 21.0 Å². The highest BCUT2D eigenvalue weighted by atomic mass is 32.1. The van der Waals surface area contributed by atoms with Crippen LogP contribution in [-0.2, 0) is 23.9 Å². The van der Waals surface area contributed by atoms with Crippen LogP contribution in [0, 0.1) is 0 Å². The van der Waals surface area contributed by atoms with Crippen molar-refractivity contribution >= 4 is 99.6 Å². The van der Waals surface area contributed by atoms with Crippen LogP contribution in [0.2, 0.25) is 0 Å². The molecule has 0 aliphatic heterocycles. The number of aliphatic carboxylic acids is 4. The summed E-state index contributed by atoms with van der Waals surface area (Å²) in [5.41, 5.74) is 0. The number of carboxylic acid groups (broad SMARTS) is 4. The molecule has 0 fully saturated rings. The molecule has 4 N–H and O–H groups in total. The Labute approximate surface area is 187 Å². The quantitative estimate of drug-likeness (QED) is 0.166. The van der Waals surface area contributed by atoms with Gasteiger partial charge in [-0.1, -0.05) is 0 Å². The molecule has 0 aromatic carbocycles. The number of ether oxygens (including phenoxy) is 1.